The highest BCUT2D eigenvalue weighted by molar-refractivity contribution is 5.88. The quantitative estimate of drug-likeness (QED) is 0.362. The second-order valence-corrected chi connectivity index (χ2v) is 3.74. The summed E-state index contributed by atoms with van der Waals surface area (Å²) in [6.07, 6.45) is 4.84. The zero-order chi connectivity index (χ0) is 12.9. The summed E-state index contributed by atoms with van der Waals surface area (Å²) in [4.78, 5) is 11.2. The summed E-state index contributed by atoms with van der Waals surface area (Å²) in [6, 6.07) is 0. The lowest BCUT2D eigenvalue weighted by Gasteiger charge is -2.05. The minimum absolute atomic E-state index is 0.242. The van der Waals surface area contributed by atoms with E-state index in [2.05, 4.69) is 17.0 Å². The van der Waals surface area contributed by atoms with Gasteiger partial charge in [0.1, 0.15) is 0 Å². The van der Waals surface area contributed by atoms with Gasteiger partial charge in [-0.25, -0.2) is 4.79 Å². The highest BCUT2D eigenvalue weighted by atomic mass is 16.5. The van der Waals surface area contributed by atoms with Crippen LogP contribution in [0.2, 0.25) is 0 Å². The SMILES string of the molecule is CCCCOCCNC/C=C(/CC)C(=O)OC. The van der Waals surface area contributed by atoms with Gasteiger partial charge in [0.25, 0.3) is 0 Å². The number of hydrogen-bond donors (Lipinski definition) is 1. The second-order valence-electron chi connectivity index (χ2n) is 3.74. The molecule has 0 radical (unpaired) electrons. The Bertz CT molecular complexity index is 227. The molecule has 1 N–H and O–H groups in total. The van der Waals surface area contributed by atoms with Gasteiger partial charge >= 0.3 is 5.97 Å². The van der Waals surface area contributed by atoms with E-state index in [1.54, 1.807) is 0 Å². The lowest BCUT2D eigenvalue weighted by Crippen LogP contribution is -2.20. The van der Waals surface area contributed by atoms with Crippen molar-refractivity contribution in [1.82, 2.24) is 5.32 Å². The Hall–Kier alpha value is -0.870. The van der Waals surface area contributed by atoms with Gasteiger partial charge in [-0.2, -0.15) is 0 Å². The number of nitrogens with one attached hydrogen (secondary N) is 1. The van der Waals surface area contributed by atoms with E-state index in [1.807, 2.05) is 13.0 Å². The van der Waals surface area contributed by atoms with Crippen molar-refractivity contribution in [3.63, 3.8) is 0 Å². The van der Waals surface area contributed by atoms with Crippen molar-refractivity contribution in [2.75, 3.05) is 33.4 Å². The van der Waals surface area contributed by atoms with Crippen molar-refractivity contribution in [3.8, 4) is 0 Å². The fourth-order valence-corrected chi connectivity index (χ4v) is 1.29. The van der Waals surface area contributed by atoms with E-state index in [4.69, 9.17) is 4.74 Å². The van der Waals surface area contributed by atoms with Crippen molar-refractivity contribution in [1.29, 1.82) is 0 Å². The zero-order valence-corrected chi connectivity index (χ0v) is 11.3. The molecule has 0 aliphatic heterocycles. The van der Waals surface area contributed by atoms with Crippen LogP contribution in [0.4, 0.5) is 0 Å². The number of rotatable bonds is 10. The molecular weight excluding hydrogens is 218 g/mol. The van der Waals surface area contributed by atoms with Crippen LogP contribution in [-0.4, -0.2) is 39.4 Å². The van der Waals surface area contributed by atoms with Crippen LogP contribution in [0, 0.1) is 0 Å². The third-order valence-corrected chi connectivity index (χ3v) is 2.39. The number of ether oxygens (including phenoxy) is 2. The van der Waals surface area contributed by atoms with Gasteiger partial charge in [0.05, 0.1) is 13.7 Å². The lowest BCUT2D eigenvalue weighted by atomic mass is 10.2. The maximum atomic E-state index is 11.2. The van der Waals surface area contributed by atoms with Crippen molar-refractivity contribution in [3.05, 3.63) is 11.6 Å². The molecule has 0 unspecified atom stereocenters. The fourth-order valence-electron chi connectivity index (χ4n) is 1.29. The number of esters is 1. The summed E-state index contributed by atoms with van der Waals surface area (Å²) < 4.78 is 10.1. The highest BCUT2D eigenvalue weighted by Crippen LogP contribution is 2.01. The van der Waals surface area contributed by atoms with Crippen LogP contribution in [0.3, 0.4) is 0 Å². The first-order valence-corrected chi connectivity index (χ1v) is 6.32. The molecule has 0 aromatic carbocycles. The molecule has 0 rings (SSSR count). The van der Waals surface area contributed by atoms with Gasteiger partial charge < -0.3 is 14.8 Å². The number of methoxy groups -OCH3 is 1. The van der Waals surface area contributed by atoms with Gasteiger partial charge in [-0.1, -0.05) is 26.3 Å². The Morgan fingerprint density at radius 2 is 2.06 bits per heavy atom. The van der Waals surface area contributed by atoms with E-state index in [-0.39, 0.29) is 5.97 Å². The number of carbonyl (C=O) groups excluding carboxylic acids is 1. The number of carbonyl (C=O) groups is 1. The van der Waals surface area contributed by atoms with Crippen LogP contribution < -0.4 is 5.32 Å². The molecule has 0 spiro atoms. The molecule has 0 aromatic heterocycles. The van der Waals surface area contributed by atoms with E-state index >= 15 is 0 Å². The number of hydrogen-bond acceptors (Lipinski definition) is 4. The van der Waals surface area contributed by atoms with E-state index in [0.29, 0.717) is 25.1 Å². The van der Waals surface area contributed by atoms with Crippen molar-refractivity contribution < 1.29 is 14.3 Å². The van der Waals surface area contributed by atoms with Crippen LogP contribution in [0.5, 0.6) is 0 Å². The first kappa shape index (κ1) is 16.1. The van der Waals surface area contributed by atoms with E-state index in [1.165, 1.54) is 7.11 Å². The van der Waals surface area contributed by atoms with Gasteiger partial charge in [-0.05, 0) is 12.8 Å². The number of unbranched alkanes of at least 4 members (excludes halogenated alkanes) is 1. The Morgan fingerprint density at radius 3 is 2.65 bits per heavy atom. The molecule has 0 aromatic rings. The molecule has 0 aliphatic carbocycles. The summed E-state index contributed by atoms with van der Waals surface area (Å²) in [6.45, 7) is 7.11. The van der Waals surface area contributed by atoms with Gasteiger partial charge in [-0.3, -0.25) is 0 Å². The van der Waals surface area contributed by atoms with Gasteiger partial charge in [-0.15, -0.1) is 0 Å². The van der Waals surface area contributed by atoms with Gasteiger partial charge in [0, 0.05) is 25.3 Å². The Kier molecular flexibility index (Phi) is 11.0. The summed E-state index contributed by atoms with van der Waals surface area (Å²) >= 11 is 0. The van der Waals surface area contributed by atoms with Crippen LogP contribution in [0.25, 0.3) is 0 Å². The molecule has 17 heavy (non-hydrogen) atoms. The summed E-state index contributed by atoms with van der Waals surface area (Å²) in [5.41, 5.74) is 0.715. The molecule has 0 aliphatic rings. The second kappa shape index (κ2) is 11.6. The summed E-state index contributed by atoms with van der Waals surface area (Å²) in [5.74, 6) is -0.242. The largest absolute Gasteiger partial charge is 0.466 e. The van der Waals surface area contributed by atoms with Crippen LogP contribution in [0.1, 0.15) is 33.1 Å². The lowest BCUT2D eigenvalue weighted by molar-refractivity contribution is -0.136. The predicted molar refractivity (Wildman–Crippen MR) is 69.0 cm³/mol. The first-order valence-electron chi connectivity index (χ1n) is 6.32. The maximum Gasteiger partial charge on any atom is 0.333 e. The third-order valence-electron chi connectivity index (χ3n) is 2.39. The molecule has 0 atom stereocenters. The summed E-state index contributed by atoms with van der Waals surface area (Å²) in [7, 11) is 1.40. The van der Waals surface area contributed by atoms with Crippen molar-refractivity contribution in [2.45, 2.75) is 33.1 Å². The van der Waals surface area contributed by atoms with Crippen LogP contribution in [-0.2, 0) is 14.3 Å². The van der Waals surface area contributed by atoms with E-state index in [0.717, 1.165) is 26.0 Å². The van der Waals surface area contributed by atoms with Gasteiger partial charge in [0.2, 0.25) is 0 Å². The van der Waals surface area contributed by atoms with Crippen molar-refractivity contribution in [2.24, 2.45) is 0 Å². The van der Waals surface area contributed by atoms with Crippen LogP contribution in [0.15, 0.2) is 11.6 Å². The molecule has 0 bridgehead atoms. The third kappa shape index (κ3) is 8.89. The Labute approximate surface area is 104 Å². The Balaban J connectivity index is 3.53. The molecule has 0 fully saturated rings. The van der Waals surface area contributed by atoms with E-state index in [9.17, 15) is 4.79 Å². The molecule has 0 saturated carbocycles. The molecule has 4 heteroatoms. The minimum Gasteiger partial charge on any atom is -0.466 e. The van der Waals surface area contributed by atoms with Crippen LogP contribution >= 0.6 is 0 Å². The zero-order valence-electron chi connectivity index (χ0n) is 11.3. The monoisotopic (exact) mass is 243 g/mol. The molecule has 0 heterocycles. The fraction of sp³-hybridized carbons (Fsp3) is 0.769. The Morgan fingerprint density at radius 1 is 1.29 bits per heavy atom. The minimum atomic E-state index is -0.242. The molecule has 0 amide bonds. The highest BCUT2D eigenvalue weighted by Gasteiger charge is 2.05. The average molecular weight is 243 g/mol. The molecule has 0 saturated heterocycles. The van der Waals surface area contributed by atoms with Gasteiger partial charge in [0.15, 0.2) is 0 Å². The predicted octanol–water partition coefficient (Wildman–Crippen LogP) is 1.90. The first-order chi connectivity index (χ1) is 8.26. The normalized spacial score (nSPS) is 11.6. The molecule has 4 nitrogen and oxygen atoms in total. The summed E-state index contributed by atoms with van der Waals surface area (Å²) in [5, 5.41) is 3.20. The van der Waals surface area contributed by atoms with E-state index < -0.39 is 0 Å². The molecular formula is C13H25NO3. The maximum absolute atomic E-state index is 11.2. The molecule has 100 valence electrons. The smallest absolute Gasteiger partial charge is 0.333 e. The topological polar surface area (TPSA) is 47.6 Å². The average Bonchev–Trinajstić information content (AvgIpc) is 2.36. The van der Waals surface area contributed by atoms with Crippen molar-refractivity contribution >= 4 is 5.97 Å². The standard InChI is InChI=1S/C13H25NO3/c1-4-6-10-17-11-9-14-8-7-12(5-2)13(15)16-3/h7,14H,4-6,8-11H2,1-3H3/b12-7-.